The molecule has 0 atom stereocenters. The van der Waals surface area contributed by atoms with Crippen LogP contribution >= 0.6 is 0 Å². The number of nitrogens with two attached hydrogens (primary N) is 1. The Morgan fingerprint density at radius 3 is 2.25 bits per heavy atom. The van der Waals surface area contributed by atoms with Crippen LogP contribution in [0.3, 0.4) is 0 Å². The van der Waals surface area contributed by atoms with Crippen LogP contribution in [0.25, 0.3) is 0 Å². The van der Waals surface area contributed by atoms with Gasteiger partial charge in [-0.25, -0.2) is 0 Å². The molecule has 94 valence electrons. The van der Waals surface area contributed by atoms with Gasteiger partial charge >= 0.3 is 0 Å². The van der Waals surface area contributed by atoms with E-state index >= 15 is 0 Å². The average Bonchev–Trinajstić information content (AvgIpc) is 2.31. The molecular formula is C12H24N2O2. The Hall–Kier alpha value is -0.610. The van der Waals surface area contributed by atoms with Gasteiger partial charge in [-0.15, -0.1) is 0 Å². The third-order valence-electron chi connectivity index (χ3n) is 3.72. The van der Waals surface area contributed by atoms with Gasteiger partial charge in [0.1, 0.15) is 0 Å². The monoisotopic (exact) mass is 228 g/mol. The number of aliphatic hydroxyl groups is 1. The summed E-state index contributed by atoms with van der Waals surface area (Å²) in [6.45, 7) is 5.59. The van der Waals surface area contributed by atoms with E-state index in [4.69, 9.17) is 10.8 Å². The van der Waals surface area contributed by atoms with E-state index in [2.05, 4.69) is 0 Å². The fourth-order valence-corrected chi connectivity index (χ4v) is 2.39. The molecule has 4 heteroatoms. The largest absolute Gasteiger partial charge is 0.394 e. The number of carbonyl (C=O) groups excluding carboxylic acids is 1. The second kappa shape index (κ2) is 5.64. The Balaban J connectivity index is 2.50. The van der Waals surface area contributed by atoms with E-state index in [1.54, 1.807) is 0 Å². The lowest BCUT2D eigenvalue weighted by atomic mass is 9.77. The molecule has 0 aromatic heterocycles. The van der Waals surface area contributed by atoms with E-state index in [0.717, 1.165) is 38.8 Å². The fourth-order valence-electron chi connectivity index (χ4n) is 2.39. The van der Waals surface area contributed by atoms with Gasteiger partial charge in [-0.05, 0) is 39.5 Å². The van der Waals surface area contributed by atoms with Crippen LogP contribution < -0.4 is 5.73 Å². The molecule has 0 saturated heterocycles. The second-order valence-electron chi connectivity index (χ2n) is 4.81. The molecule has 3 N–H and O–H groups in total. The van der Waals surface area contributed by atoms with Crippen molar-refractivity contribution in [2.45, 2.75) is 45.1 Å². The molecule has 0 aromatic rings. The quantitative estimate of drug-likeness (QED) is 0.745. The molecule has 1 fully saturated rings. The van der Waals surface area contributed by atoms with Gasteiger partial charge in [-0.2, -0.15) is 0 Å². The maximum atomic E-state index is 12.1. The zero-order valence-corrected chi connectivity index (χ0v) is 10.4. The zero-order chi connectivity index (χ0) is 12.2. The fraction of sp³-hybridized carbons (Fsp3) is 0.917. The maximum Gasteiger partial charge on any atom is 0.225 e. The number of amides is 1. The molecule has 16 heavy (non-hydrogen) atoms. The van der Waals surface area contributed by atoms with Crippen molar-refractivity contribution in [3.8, 4) is 0 Å². The van der Waals surface area contributed by atoms with Crippen LogP contribution in [0, 0.1) is 5.92 Å². The predicted octanol–water partition coefficient (Wildman–Crippen LogP) is 0.735. The number of aliphatic hydroxyl groups excluding tert-OH is 1. The lowest BCUT2D eigenvalue weighted by Crippen LogP contribution is -2.49. The average molecular weight is 228 g/mol. The molecule has 0 heterocycles. The normalized spacial score (nSPS) is 30.1. The van der Waals surface area contributed by atoms with Gasteiger partial charge in [-0.1, -0.05) is 0 Å². The van der Waals surface area contributed by atoms with Gasteiger partial charge in [0.2, 0.25) is 5.91 Å². The maximum absolute atomic E-state index is 12.1. The Bertz CT molecular complexity index is 231. The molecule has 0 bridgehead atoms. The van der Waals surface area contributed by atoms with Crippen molar-refractivity contribution in [3.63, 3.8) is 0 Å². The van der Waals surface area contributed by atoms with E-state index in [9.17, 15) is 4.79 Å². The van der Waals surface area contributed by atoms with Crippen LogP contribution in [-0.4, -0.2) is 41.1 Å². The number of nitrogens with zero attached hydrogens (tertiary/aromatic N) is 1. The minimum absolute atomic E-state index is 0.0270. The minimum atomic E-state index is -0.444. The lowest BCUT2D eigenvalue weighted by molar-refractivity contribution is -0.136. The highest BCUT2D eigenvalue weighted by atomic mass is 16.3. The molecule has 0 aliphatic heterocycles. The van der Waals surface area contributed by atoms with E-state index in [1.165, 1.54) is 0 Å². The van der Waals surface area contributed by atoms with Crippen molar-refractivity contribution in [2.24, 2.45) is 11.7 Å². The van der Waals surface area contributed by atoms with Crippen molar-refractivity contribution in [2.75, 3.05) is 19.7 Å². The van der Waals surface area contributed by atoms with Gasteiger partial charge < -0.3 is 15.7 Å². The number of rotatable bonds is 4. The number of hydrogen-bond donors (Lipinski definition) is 2. The molecule has 0 radical (unpaired) electrons. The summed E-state index contributed by atoms with van der Waals surface area (Å²) in [4.78, 5) is 14.0. The van der Waals surface area contributed by atoms with Crippen molar-refractivity contribution >= 4 is 5.91 Å². The third kappa shape index (κ3) is 2.95. The van der Waals surface area contributed by atoms with Gasteiger partial charge in [0, 0.05) is 24.5 Å². The molecule has 1 rings (SSSR count). The number of hydrogen-bond acceptors (Lipinski definition) is 3. The summed E-state index contributed by atoms with van der Waals surface area (Å²) in [5.41, 5.74) is 5.54. The van der Waals surface area contributed by atoms with Crippen LogP contribution in [-0.2, 0) is 4.79 Å². The molecule has 1 amide bonds. The Morgan fingerprint density at radius 1 is 1.38 bits per heavy atom. The van der Waals surface area contributed by atoms with Crippen LogP contribution in [0.5, 0.6) is 0 Å². The highest BCUT2D eigenvalue weighted by molar-refractivity contribution is 5.78. The first-order valence-electron chi connectivity index (χ1n) is 6.25. The first kappa shape index (κ1) is 13.5. The standard InChI is InChI=1S/C12H24N2O2/c1-3-14(4-2)11(16)10-5-7-12(13,9-15)8-6-10/h10,15H,3-9,13H2,1-2H3. The van der Waals surface area contributed by atoms with Gasteiger partial charge in [0.25, 0.3) is 0 Å². The molecule has 4 nitrogen and oxygen atoms in total. The van der Waals surface area contributed by atoms with Gasteiger partial charge in [0.15, 0.2) is 0 Å². The molecule has 1 saturated carbocycles. The van der Waals surface area contributed by atoms with Crippen LogP contribution in [0.4, 0.5) is 0 Å². The van der Waals surface area contributed by atoms with Crippen molar-refractivity contribution in [3.05, 3.63) is 0 Å². The summed E-state index contributed by atoms with van der Waals surface area (Å²) in [7, 11) is 0. The molecule has 0 unspecified atom stereocenters. The topological polar surface area (TPSA) is 66.6 Å². The SMILES string of the molecule is CCN(CC)C(=O)C1CCC(N)(CO)CC1. The van der Waals surface area contributed by atoms with Gasteiger partial charge in [-0.3, -0.25) is 4.79 Å². The molecule has 1 aliphatic carbocycles. The van der Waals surface area contributed by atoms with Crippen molar-refractivity contribution in [1.82, 2.24) is 4.90 Å². The number of carbonyl (C=O) groups is 1. The highest BCUT2D eigenvalue weighted by Crippen LogP contribution is 2.31. The summed E-state index contributed by atoms with van der Waals surface area (Å²) in [5.74, 6) is 0.369. The van der Waals surface area contributed by atoms with Crippen LogP contribution in [0.15, 0.2) is 0 Å². The second-order valence-corrected chi connectivity index (χ2v) is 4.81. The Kier molecular flexibility index (Phi) is 4.74. The molecular weight excluding hydrogens is 204 g/mol. The molecule has 0 spiro atoms. The first-order valence-corrected chi connectivity index (χ1v) is 6.25. The summed E-state index contributed by atoms with van der Waals surface area (Å²) >= 11 is 0. The summed E-state index contributed by atoms with van der Waals surface area (Å²) < 4.78 is 0. The molecule has 1 aliphatic rings. The van der Waals surface area contributed by atoms with Gasteiger partial charge in [0.05, 0.1) is 6.61 Å². The summed E-state index contributed by atoms with van der Waals surface area (Å²) in [6, 6.07) is 0. The smallest absolute Gasteiger partial charge is 0.225 e. The summed E-state index contributed by atoms with van der Waals surface area (Å²) in [6.07, 6.45) is 3.13. The van der Waals surface area contributed by atoms with Crippen LogP contribution in [0.2, 0.25) is 0 Å². The van der Waals surface area contributed by atoms with Crippen molar-refractivity contribution in [1.29, 1.82) is 0 Å². The van der Waals surface area contributed by atoms with E-state index in [0.29, 0.717) is 0 Å². The predicted molar refractivity (Wildman–Crippen MR) is 63.9 cm³/mol. The van der Waals surface area contributed by atoms with Crippen molar-refractivity contribution < 1.29 is 9.90 Å². The minimum Gasteiger partial charge on any atom is -0.394 e. The summed E-state index contributed by atoms with van der Waals surface area (Å²) in [5, 5.41) is 9.16. The molecule has 0 aromatic carbocycles. The highest BCUT2D eigenvalue weighted by Gasteiger charge is 2.34. The van der Waals surface area contributed by atoms with Crippen LogP contribution in [0.1, 0.15) is 39.5 Å². The zero-order valence-electron chi connectivity index (χ0n) is 10.4. The first-order chi connectivity index (χ1) is 7.56. The van der Waals surface area contributed by atoms with E-state index in [-0.39, 0.29) is 18.4 Å². The lowest BCUT2D eigenvalue weighted by Gasteiger charge is -2.36. The third-order valence-corrected chi connectivity index (χ3v) is 3.72. The Morgan fingerprint density at radius 2 is 1.88 bits per heavy atom. The van der Waals surface area contributed by atoms with E-state index in [1.807, 2.05) is 18.7 Å². The Labute approximate surface area is 97.8 Å². The van der Waals surface area contributed by atoms with E-state index < -0.39 is 5.54 Å².